The van der Waals surface area contributed by atoms with Crippen LogP contribution in [0.2, 0.25) is 0 Å². The summed E-state index contributed by atoms with van der Waals surface area (Å²) in [4.78, 5) is 0. The number of anilines is 2. The van der Waals surface area contributed by atoms with Gasteiger partial charge in [-0.3, -0.25) is 0 Å². The molecule has 2 aliphatic rings. The van der Waals surface area contributed by atoms with Crippen molar-refractivity contribution in [2.24, 2.45) is 0 Å². The summed E-state index contributed by atoms with van der Waals surface area (Å²) in [7, 11) is -4.30. The molecule has 0 spiro atoms. The van der Waals surface area contributed by atoms with Crippen LogP contribution in [0.5, 0.6) is 23.0 Å². The molecule has 1 aromatic rings. The monoisotopic (exact) mass is 290 g/mol. The van der Waals surface area contributed by atoms with Crippen LogP contribution < -0.4 is 29.3 Å². The summed E-state index contributed by atoms with van der Waals surface area (Å²) >= 11 is 0. The molecule has 3 rings (SSSR count). The summed E-state index contributed by atoms with van der Waals surface area (Å²) in [6.07, 6.45) is 0. The highest BCUT2D eigenvalue weighted by atomic mass is 32.3. The number of ether oxygens (including phenoxy) is 2. The first-order valence-electron chi connectivity index (χ1n) is 5.55. The zero-order valence-electron chi connectivity index (χ0n) is 10.4. The van der Waals surface area contributed by atoms with Gasteiger partial charge in [0.05, 0.1) is 13.2 Å². The lowest BCUT2D eigenvalue weighted by Gasteiger charge is -2.15. The van der Waals surface area contributed by atoms with E-state index >= 15 is 0 Å². The van der Waals surface area contributed by atoms with Crippen molar-refractivity contribution in [1.82, 2.24) is 0 Å². The summed E-state index contributed by atoms with van der Waals surface area (Å²) in [5.41, 5.74) is 11.6. The highest BCUT2D eigenvalue weighted by Crippen LogP contribution is 2.55. The van der Waals surface area contributed by atoms with Crippen LogP contribution in [0.3, 0.4) is 0 Å². The Labute approximate surface area is 110 Å². The molecule has 0 saturated carbocycles. The fourth-order valence-electron chi connectivity index (χ4n) is 1.66. The van der Waals surface area contributed by atoms with E-state index in [4.69, 9.17) is 29.3 Å². The Bertz CT molecular complexity index is 565. The van der Waals surface area contributed by atoms with E-state index in [2.05, 4.69) is 0 Å². The first-order chi connectivity index (χ1) is 8.91. The van der Waals surface area contributed by atoms with E-state index < -0.39 is 10.4 Å². The number of nitrogens with two attached hydrogens (primary N) is 2. The fraction of sp³-hybridized carbons (Fsp3) is 0.400. The summed E-state index contributed by atoms with van der Waals surface area (Å²) in [5, 5.41) is 0. The lowest BCUT2D eigenvalue weighted by atomic mass is 10.2. The molecule has 2 bridgehead atoms. The fourth-order valence-corrected chi connectivity index (χ4v) is 2.43. The minimum atomic E-state index is -4.30. The standard InChI is InChI=1S/C10H14N2O6S/c1-3-15-7-5(11)10-8(16-4-2)6(12)9(7)17-19(13,14)18-10/h3-4,11-12H2,1-2H3. The highest BCUT2D eigenvalue weighted by Gasteiger charge is 2.36. The molecular formula is C10H14N2O6S. The number of nitrogen functional groups attached to an aromatic ring is 2. The summed E-state index contributed by atoms with van der Waals surface area (Å²) in [6, 6.07) is 0. The lowest BCUT2D eigenvalue weighted by Crippen LogP contribution is -2.14. The van der Waals surface area contributed by atoms with Gasteiger partial charge >= 0.3 is 10.4 Å². The molecule has 0 saturated heterocycles. The molecule has 0 aliphatic carbocycles. The van der Waals surface area contributed by atoms with Crippen molar-refractivity contribution in [3.8, 4) is 23.0 Å². The van der Waals surface area contributed by atoms with Gasteiger partial charge in [0, 0.05) is 0 Å². The van der Waals surface area contributed by atoms with Crippen molar-refractivity contribution in [3.05, 3.63) is 0 Å². The molecule has 2 aliphatic heterocycles. The molecule has 0 aromatic heterocycles. The summed E-state index contributed by atoms with van der Waals surface area (Å²) in [5.74, 6) is -0.382. The molecule has 9 heteroatoms. The third-order valence-corrected chi connectivity index (χ3v) is 3.08. The number of fused-ring (bicyclic) bond motifs is 4. The van der Waals surface area contributed by atoms with Crippen molar-refractivity contribution in [2.75, 3.05) is 24.7 Å². The molecule has 19 heavy (non-hydrogen) atoms. The molecular weight excluding hydrogens is 276 g/mol. The van der Waals surface area contributed by atoms with Crippen LogP contribution in [0.1, 0.15) is 13.8 Å². The zero-order valence-corrected chi connectivity index (χ0v) is 11.2. The van der Waals surface area contributed by atoms with Gasteiger partial charge in [-0.15, -0.1) is 8.42 Å². The van der Waals surface area contributed by atoms with Crippen LogP contribution in [0.15, 0.2) is 0 Å². The smallest absolute Gasteiger partial charge is 0.488 e. The first-order valence-corrected chi connectivity index (χ1v) is 6.89. The van der Waals surface area contributed by atoms with Gasteiger partial charge in [-0.1, -0.05) is 0 Å². The molecule has 0 amide bonds. The molecule has 0 fully saturated rings. The third kappa shape index (κ3) is 2.16. The Morgan fingerprint density at radius 3 is 1.63 bits per heavy atom. The summed E-state index contributed by atoms with van der Waals surface area (Å²) in [6.45, 7) is 3.94. The molecule has 0 radical (unpaired) electrons. The molecule has 0 unspecified atom stereocenters. The quantitative estimate of drug-likeness (QED) is 0.775. The molecule has 8 nitrogen and oxygen atoms in total. The Balaban J connectivity index is 2.75. The van der Waals surface area contributed by atoms with Crippen LogP contribution in [-0.4, -0.2) is 21.6 Å². The maximum Gasteiger partial charge on any atom is 0.501 e. The topological polar surface area (TPSA) is 123 Å². The Morgan fingerprint density at radius 2 is 1.32 bits per heavy atom. The van der Waals surface area contributed by atoms with Crippen LogP contribution in [-0.2, 0) is 10.4 Å². The number of hydrogen-bond acceptors (Lipinski definition) is 8. The van der Waals surface area contributed by atoms with Crippen LogP contribution in [0.25, 0.3) is 0 Å². The Morgan fingerprint density at radius 1 is 0.947 bits per heavy atom. The van der Waals surface area contributed by atoms with E-state index in [1.807, 2.05) is 0 Å². The molecule has 0 atom stereocenters. The van der Waals surface area contributed by atoms with Gasteiger partial charge < -0.3 is 29.3 Å². The van der Waals surface area contributed by atoms with Gasteiger partial charge in [0.25, 0.3) is 0 Å². The molecule has 106 valence electrons. The largest absolute Gasteiger partial charge is 0.501 e. The van der Waals surface area contributed by atoms with Crippen LogP contribution in [0.4, 0.5) is 11.4 Å². The van der Waals surface area contributed by atoms with E-state index in [1.165, 1.54) is 0 Å². The van der Waals surface area contributed by atoms with Gasteiger partial charge in [0.15, 0.2) is 11.5 Å². The highest BCUT2D eigenvalue weighted by molar-refractivity contribution is 7.82. The van der Waals surface area contributed by atoms with Gasteiger partial charge in [-0.25, -0.2) is 0 Å². The summed E-state index contributed by atoms with van der Waals surface area (Å²) < 4.78 is 43.1. The van der Waals surface area contributed by atoms with Crippen molar-refractivity contribution >= 4 is 21.8 Å². The van der Waals surface area contributed by atoms with Crippen LogP contribution in [0, 0.1) is 0 Å². The minimum absolute atomic E-state index is 0.0273. The van der Waals surface area contributed by atoms with Gasteiger partial charge in [0.2, 0.25) is 11.5 Å². The van der Waals surface area contributed by atoms with Crippen molar-refractivity contribution in [2.45, 2.75) is 13.8 Å². The average Bonchev–Trinajstić information content (AvgIpc) is 2.49. The lowest BCUT2D eigenvalue weighted by molar-refractivity contribution is 0.324. The van der Waals surface area contributed by atoms with Crippen molar-refractivity contribution in [1.29, 1.82) is 0 Å². The maximum absolute atomic E-state index is 11.6. The van der Waals surface area contributed by atoms with Gasteiger partial charge in [0.1, 0.15) is 11.4 Å². The number of hydrogen-bond donors (Lipinski definition) is 2. The van der Waals surface area contributed by atoms with E-state index in [9.17, 15) is 8.42 Å². The number of benzene rings is 1. The second kappa shape index (κ2) is 4.57. The SMILES string of the molecule is CCOc1c(N)c2c(OCC)c(N)c1OS(=O)(=O)O2. The average molecular weight is 290 g/mol. The third-order valence-electron chi connectivity index (χ3n) is 2.34. The second-order valence-corrected chi connectivity index (χ2v) is 4.73. The van der Waals surface area contributed by atoms with E-state index in [0.717, 1.165) is 0 Å². The van der Waals surface area contributed by atoms with Crippen molar-refractivity contribution in [3.63, 3.8) is 0 Å². The minimum Gasteiger partial charge on any atom is -0.488 e. The maximum atomic E-state index is 11.6. The van der Waals surface area contributed by atoms with E-state index in [-0.39, 0.29) is 47.6 Å². The Hall–Kier alpha value is -2.03. The van der Waals surface area contributed by atoms with E-state index in [1.54, 1.807) is 13.8 Å². The van der Waals surface area contributed by atoms with Crippen LogP contribution >= 0.6 is 0 Å². The normalized spacial score (nSPS) is 15.3. The Kier molecular flexibility index (Phi) is 3.23. The second-order valence-electron chi connectivity index (χ2n) is 3.58. The van der Waals surface area contributed by atoms with Gasteiger partial charge in [-0.05, 0) is 13.8 Å². The van der Waals surface area contributed by atoms with Gasteiger partial charge in [-0.2, -0.15) is 0 Å². The molecule has 2 heterocycles. The predicted molar refractivity (Wildman–Crippen MR) is 67.8 cm³/mol. The molecule has 1 aromatic carbocycles. The molecule has 4 N–H and O–H groups in total. The number of rotatable bonds is 4. The van der Waals surface area contributed by atoms with Crippen molar-refractivity contribution < 1.29 is 26.3 Å². The first kappa shape index (κ1) is 13.4. The van der Waals surface area contributed by atoms with E-state index in [0.29, 0.717) is 0 Å². The predicted octanol–water partition coefficient (Wildman–Crippen LogP) is 0.664. The zero-order chi connectivity index (χ0) is 14.2.